The molecule has 0 saturated heterocycles. The van der Waals surface area contributed by atoms with Gasteiger partial charge in [0.15, 0.2) is 0 Å². The summed E-state index contributed by atoms with van der Waals surface area (Å²) in [4.78, 5) is 41.6. The number of imide groups is 1. The number of benzene rings is 2. The van der Waals surface area contributed by atoms with Crippen molar-refractivity contribution in [1.82, 2.24) is 5.06 Å². The minimum absolute atomic E-state index is 0.0733. The van der Waals surface area contributed by atoms with E-state index in [2.05, 4.69) is 0 Å². The van der Waals surface area contributed by atoms with Gasteiger partial charge in [-0.3, -0.25) is 9.59 Å². The topological polar surface area (TPSA) is 76.8 Å². The first kappa shape index (κ1) is 14.2. The lowest BCUT2D eigenvalue weighted by Gasteiger charge is -2.11. The van der Waals surface area contributed by atoms with E-state index >= 15 is 0 Å². The molecule has 1 aliphatic rings. The molecular weight excluding hydrogens is 310 g/mol. The van der Waals surface area contributed by atoms with Crippen LogP contribution in [0.1, 0.15) is 36.8 Å². The van der Waals surface area contributed by atoms with Crippen LogP contribution in [-0.2, 0) is 4.84 Å². The number of aryl methyl sites for hydroxylation is 1. The van der Waals surface area contributed by atoms with Crippen LogP contribution in [0, 0.1) is 6.92 Å². The van der Waals surface area contributed by atoms with Gasteiger partial charge >= 0.3 is 5.97 Å². The van der Waals surface area contributed by atoms with Gasteiger partial charge < -0.3 is 9.25 Å². The number of amides is 2. The molecule has 0 N–H and O–H groups in total. The summed E-state index contributed by atoms with van der Waals surface area (Å²) in [6.45, 7) is 1.89. The fourth-order valence-electron chi connectivity index (χ4n) is 2.69. The molecule has 0 radical (unpaired) electrons. The number of fused-ring (bicyclic) bond motifs is 2. The predicted molar refractivity (Wildman–Crippen MR) is 83.3 cm³/mol. The third kappa shape index (κ3) is 2.00. The third-order valence-electron chi connectivity index (χ3n) is 3.91. The zero-order valence-corrected chi connectivity index (χ0v) is 12.6. The third-order valence-corrected chi connectivity index (χ3v) is 3.91. The molecule has 0 spiro atoms. The van der Waals surface area contributed by atoms with Gasteiger partial charge in [0.05, 0.1) is 11.1 Å². The zero-order valence-electron chi connectivity index (χ0n) is 12.6. The van der Waals surface area contributed by atoms with Gasteiger partial charge in [0.1, 0.15) is 5.58 Å². The average molecular weight is 321 g/mol. The van der Waals surface area contributed by atoms with Crippen molar-refractivity contribution in [3.05, 3.63) is 71.0 Å². The first-order valence-electron chi connectivity index (χ1n) is 7.25. The monoisotopic (exact) mass is 321 g/mol. The number of hydrogen-bond donors (Lipinski definition) is 0. The van der Waals surface area contributed by atoms with E-state index in [1.807, 2.05) is 13.0 Å². The summed E-state index contributed by atoms with van der Waals surface area (Å²) in [6.07, 6.45) is 0. The molecule has 0 fully saturated rings. The van der Waals surface area contributed by atoms with Crippen molar-refractivity contribution in [2.75, 3.05) is 0 Å². The number of furan rings is 1. The summed E-state index contributed by atoms with van der Waals surface area (Å²) in [5.41, 5.74) is 1.88. The van der Waals surface area contributed by atoms with Gasteiger partial charge in [-0.15, -0.1) is 0 Å². The van der Waals surface area contributed by atoms with E-state index in [0.29, 0.717) is 10.6 Å². The molecule has 2 heterocycles. The molecule has 3 aromatic rings. The minimum Gasteiger partial charge on any atom is -0.449 e. The molecule has 0 atom stereocenters. The Balaban J connectivity index is 1.64. The molecule has 2 amide bonds. The smallest absolute Gasteiger partial charge is 0.399 e. The van der Waals surface area contributed by atoms with Gasteiger partial charge in [-0.1, -0.05) is 29.3 Å². The van der Waals surface area contributed by atoms with Crippen LogP contribution in [0.2, 0.25) is 0 Å². The first-order valence-corrected chi connectivity index (χ1v) is 7.25. The molecule has 4 rings (SSSR count). The molecule has 1 aromatic heterocycles. The number of carbonyl (C=O) groups is 3. The van der Waals surface area contributed by atoms with Gasteiger partial charge in [0.25, 0.3) is 11.8 Å². The molecule has 24 heavy (non-hydrogen) atoms. The SMILES string of the molecule is Cc1cccc2oc(C(=O)ON3C(=O)c4ccccc4C3=O)cc12. The number of hydroxylamine groups is 2. The first-order chi connectivity index (χ1) is 11.6. The minimum atomic E-state index is -0.903. The lowest BCUT2D eigenvalue weighted by atomic mass is 10.1. The summed E-state index contributed by atoms with van der Waals surface area (Å²) in [6, 6.07) is 13.2. The van der Waals surface area contributed by atoms with Crippen LogP contribution in [0.4, 0.5) is 0 Å². The second-order valence-corrected chi connectivity index (χ2v) is 5.43. The molecule has 2 aromatic carbocycles. The maximum absolute atomic E-state index is 12.3. The quantitative estimate of drug-likeness (QED) is 0.678. The van der Waals surface area contributed by atoms with Crippen molar-refractivity contribution in [1.29, 1.82) is 0 Å². The number of nitrogens with zero attached hydrogens (tertiary/aromatic N) is 1. The second kappa shape index (κ2) is 5.06. The molecule has 6 heteroatoms. The highest BCUT2D eigenvalue weighted by Gasteiger charge is 2.39. The maximum atomic E-state index is 12.3. The zero-order chi connectivity index (χ0) is 16.8. The summed E-state index contributed by atoms with van der Waals surface area (Å²) in [5.74, 6) is -2.32. The number of rotatable bonds is 2. The van der Waals surface area contributed by atoms with Crippen molar-refractivity contribution in [3.8, 4) is 0 Å². The van der Waals surface area contributed by atoms with Crippen molar-refractivity contribution < 1.29 is 23.6 Å². The van der Waals surface area contributed by atoms with E-state index < -0.39 is 17.8 Å². The van der Waals surface area contributed by atoms with Gasteiger partial charge in [-0.05, 0) is 36.8 Å². The summed E-state index contributed by atoms with van der Waals surface area (Å²) >= 11 is 0. The van der Waals surface area contributed by atoms with Crippen LogP contribution in [0.25, 0.3) is 11.0 Å². The van der Waals surface area contributed by atoms with Crippen LogP contribution < -0.4 is 0 Å². The highest BCUT2D eigenvalue weighted by molar-refractivity contribution is 6.21. The van der Waals surface area contributed by atoms with Crippen LogP contribution in [0.5, 0.6) is 0 Å². The molecule has 0 unspecified atom stereocenters. The highest BCUT2D eigenvalue weighted by Crippen LogP contribution is 2.26. The molecule has 0 bridgehead atoms. The molecule has 0 aliphatic carbocycles. The Labute approximate surface area is 136 Å². The Morgan fingerprint density at radius 2 is 1.67 bits per heavy atom. The van der Waals surface area contributed by atoms with Crippen LogP contribution >= 0.6 is 0 Å². The van der Waals surface area contributed by atoms with Crippen molar-refractivity contribution >= 4 is 28.8 Å². The lowest BCUT2D eigenvalue weighted by molar-refractivity contribution is -0.0602. The number of hydrogen-bond acceptors (Lipinski definition) is 5. The second-order valence-electron chi connectivity index (χ2n) is 5.43. The fourth-order valence-corrected chi connectivity index (χ4v) is 2.69. The van der Waals surface area contributed by atoms with E-state index in [9.17, 15) is 14.4 Å². The summed E-state index contributed by atoms with van der Waals surface area (Å²) in [7, 11) is 0. The van der Waals surface area contributed by atoms with E-state index in [4.69, 9.17) is 9.25 Å². The van der Waals surface area contributed by atoms with E-state index in [-0.39, 0.29) is 16.9 Å². The van der Waals surface area contributed by atoms with E-state index in [0.717, 1.165) is 10.9 Å². The highest BCUT2D eigenvalue weighted by atomic mass is 16.7. The number of carbonyl (C=O) groups excluding carboxylic acids is 3. The van der Waals surface area contributed by atoms with Gasteiger partial charge in [-0.2, -0.15) is 0 Å². The molecule has 0 saturated carbocycles. The van der Waals surface area contributed by atoms with Crippen LogP contribution in [0.15, 0.2) is 52.9 Å². The Kier molecular flexibility index (Phi) is 2.99. The Bertz CT molecular complexity index is 982. The maximum Gasteiger partial charge on any atom is 0.399 e. The summed E-state index contributed by atoms with van der Waals surface area (Å²) in [5, 5.41) is 1.24. The largest absolute Gasteiger partial charge is 0.449 e. The lowest BCUT2D eigenvalue weighted by Crippen LogP contribution is -2.32. The van der Waals surface area contributed by atoms with Crippen molar-refractivity contribution in [3.63, 3.8) is 0 Å². The molecule has 118 valence electrons. The van der Waals surface area contributed by atoms with Gasteiger partial charge in [-0.25, -0.2) is 4.79 Å². The predicted octanol–water partition coefficient (Wildman–Crippen LogP) is 3.11. The van der Waals surface area contributed by atoms with Crippen molar-refractivity contribution in [2.24, 2.45) is 0 Å². The van der Waals surface area contributed by atoms with E-state index in [1.54, 1.807) is 24.3 Å². The van der Waals surface area contributed by atoms with E-state index in [1.165, 1.54) is 18.2 Å². The summed E-state index contributed by atoms with van der Waals surface area (Å²) < 4.78 is 5.44. The molecule has 6 nitrogen and oxygen atoms in total. The Morgan fingerprint density at radius 1 is 1.00 bits per heavy atom. The van der Waals surface area contributed by atoms with Gasteiger partial charge in [0, 0.05) is 5.39 Å². The average Bonchev–Trinajstić information content (AvgIpc) is 3.12. The normalized spacial score (nSPS) is 13.5. The Morgan fingerprint density at radius 3 is 2.29 bits per heavy atom. The molecule has 1 aliphatic heterocycles. The Hall–Kier alpha value is -3.41. The van der Waals surface area contributed by atoms with Gasteiger partial charge in [0.2, 0.25) is 5.76 Å². The van der Waals surface area contributed by atoms with Crippen molar-refractivity contribution in [2.45, 2.75) is 6.92 Å². The van der Waals surface area contributed by atoms with Crippen LogP contribution in [-0.4, -0.2) is 22.8 Å². The molecular formula is C18H11NO5. The standard InChI is InChI=1S/C18H11NO5/c1-10-5-4-8-14-13(10)9-15(23-14)18(22)24-19-16(20)11-6-2-3-7-12(11)17(19)21/h2-9H,1H3. The van der Waals surface area contributed by atoms with Crippen LogP contribution in [0.3, 0.4) is 0 Å². The fraction of sp³-hybridized carbons (Fsp3) is 0.0556.